The van der Waals surface area contributed by atoms with Crippen molar-refractivity contribution >= 4 is 10.9 Å². The van der Waals surface area contributed by atoms with Crippen molar-refractivity contribution < 1.29 is 31.4 Å². The Bertz CT molecular complexity index is 817. The van der Waals surface area contributed by atoms with Gasteiger partial charge in [-0.25, -0.2) is 4.98 Å². The van der Waals surface area contributed by atoms with Gasteiger partial charge in [0.05, 0.1) is 11.1 Å². The molecular weight excluding hydrogens is 376 g/mol. The molecule has 1 aliphatic carbocycles. The Balaban J connectivity index is 1.98. The van der Waals surface area contributed by atoms with Crippen molar-refractivity contribution in [2.75, 3.05) is 13.1 Å². The Kier molecular flexibility index (Phi) is 5.33. The lowest BCUT2D eigenvalue weighted by Crippen LogP contribution is -2.31. The number of aromatic nitrogens is 1. The third-order valence-electron chi connectivity index (χ3n) is 4.23. The Labute approximate surface area is 150 Å². The highest BCUT2D eigenvalue weighted by atomic mass is 19.4. The van der Waals surface area contributed by atoms with E-state index in [2.05, 4.69) is 15.6 Å². The highest BCUT2D eigenvalue weighted by Crippen LogP contribution is 2.38. The Morgan fingerprint density at radius 3 is 2.37 bits per heavy atom. The van der Waals surface area contributed by atoms with E-state index in [1.807, 2.05) is 0 Å². The van der Waals surface area contributed by atoms with E-state index in [4.69, 9.17) is 0 Å². The monoisotopic (exact) mass is 393 g/mol. The molecule has 3 N–H and O–H groups in total. The number of halogens is 6. The molecule has 1 heterocycles. The molecule has 1 aromatic carbocycles. The van der Waals surface area contributed by atoms with Crippen LogP contribution in [0, 0.1) is 0 Å². The van der Waals surface area contributed by atoms with E-state index < -0.39 is 35.4 Å². The molecule has 0 saturated heterocycles. The second-order valence-corrected chi connectivity index (χ2v) is 6.38. The standard InChI is InChI=1S/C17H17F6N3O/c18-16(19,20)12-3-1-2-10-11(8-13(17(21,22)23)26-14(10)12)15(27)25-7-6-24-9-4-5-9/h1-3,8-9,15,24-25,27H,4-7H2. The number of nitrogens with zero attached hydrogens (tertiary/aromatic N) is 1. The number of aliphatic hydroxyl groups excluding tert-OH is 1. The van der Waals surface area contributed by atoms with Crippen molar-refractivity contribution in [1.29, 1.82) is 0 Å². The number of pyridine rings is 1. The van der Waals surface area contributed by atoms with Gasteiger partial charge in [0.15, 0.2) is 0 Å². The fraction of sp³-hybridized carbons (Fsp3) is 0.471. The normalized spacial score (nSPS) is 16.7. The van der Waals surface area contributed by atoms with Crippen LogP contribution in [0.15, 0.2) is 24.3 Å². The number of para-hydroxylation sites is 1. The lowest BCUT2D eigenvalue weighted by Gasteiger charge is -2.19. The second kappa shape index (κ2) is 7.25. The van der Waals surface area contributed by atoms with Gasteiger partial charge >= 0.3 is 12.4 Å². The molecule has 1 atom stereocenters. The van der Waals surface area contributed by atoms with E-state index in [-0.39, 0.29) is 17.5 Å². The van der Waals surface area contributed by atoms with Gasteiger partial charge < -0.3 is 10.4 Å². The highest BCUT2D eigenvalue weighted by molar-refractivity contribution is 5.86. The summed E-state index contributed by atoms with van der Waals surface area (Å²) in [5.74, 6) is 0. The van der Waals surface area contributed by atoms with Gasteiger partial charge in [-0.2, -0.15) is 26.3 Å². The third kappa shape index (κ3) is 4.69. The van der Waals surface area contributed by atoms with Crippen LogP contribution in [0.2, 0.25) is 0 Å². The average Bonchev–Trinajstić information content (AvgIpc) is 3.39. The Morgan fingerprint density at radius 1 is 1.07 bits per heavy atom. The van der Waals surface area contributed by atoms with Gasteiger partial charge in [0.2, 0.25) is 0 Å². The quantitative estimate of drug-likeness (QED) is 0.399. The number of hydrogen-bond acceptors (Lipinski definition) is 4. The van der Waals surface area contributed by atoms with Crippen molar-refractivity contribution in [2.24, 2.45) is 0 Å². The number of nitrogens with one attached hydrogen (secondary N) is 2. The van der Waals surface area contributed by atoms with E-state index in [1.54, 1.807) is 0 Å². The zero-order valence-electron chi connectivity index (χ0n) is 14.0. The highest BCUT2D eigenvalue weighted by Gasteiger charge is 2.38. The lowest BCUT2D eigenvalue weighted by molar-refractivity contribution is -0.142. The zero-order valence-corrected chi connectivity index (χ0v) is 14.0. The summed E-state index contributed by atoms with van der Waals surface area (Å²) in [6.07, 6.45) is -9.30. The van der Waals surface area contributed by atoms with Crippen molar-refractivity contribution in [3.63, 3.8) is 0 Å². The SMILES string of the molecule is OC(NCCNC1CC1)c1cc(C(F)(F)F)nc2c(C(F)(F)F)cccc12. The van der Waals surface area contributed by atoms with E-state index in [9.17, 15) is 31.4 Å². The predicted octanol–water partition coefficient (Wildman–Crippen LogP) is 3.60. The summed E-state index contributed by atoms with van der Waals surface area (Å²) in [5, 5.41) is 15.9. The van der Waals surface area contributed by atoms with Gasteiger partial charge in [0, 0.05) is 30.1 Å². The lowest BCUT2D eigenvalue weighted by atomic mass is 10.0. The van der Waals surface area contributed by atoms with Crippen LogP contribution in [0.3, 0.4) is 0 Å². The molecule has 0 amide bonds. The number of fused-ring (bicyclic) bond motifs is 1. The van der Waals surface area contributed by atoms with E-state index in [0.717, 1.165) is 18.9 Å². The molecule has 10 heteroatoms. The predicted molar refractivity (Wildman–Crippen MR) is 85.7 cm³/mol. The molecule has 0 bridgehead atoms. The van der Waals surface area contributed by atoms with Gasteiger partial charge in [0.25, 0.3) is 0 Å². The minimum atomic E-state index is -4.95. The molecule has 0 spiro atoms. The maximum Gasteiger partial charge on any atom is 0.433 e. The summed E-state index contributed by atoms with van der Waals surface area (Å²) in [6, 6.07) is 3.94. The summed E-state index contributed by atoms with van der Waals surface area (Å²) in [5.41, 5.74) is -3.91. The topological polar surface area (TPSA) is 57.2 Å². The molecule has 1 aliphatic rings. The van der Waals surface area contributed by atoms with Gasteiger partial charge in [-0.05, 0) is 25.0 Å². The molecule has 4 nitrogen and oxygen atoms in total. The smallest absolute Gasteiger partial charge is 0.374 e. The van der Waals surface area contributed by atoms with Crippen LogP contribution in [-0.2, 0) is 12.4 Å². The molecule has 1 unspecified atom stereocenters. The van der Waals surface area contributed by atoms with Crippen molar-refractivity contribution in [3.8, 4) is 0 Å². The van der Waals surface area contributed by atoms with Gasteiger partial charge in [-0.15, -0.1) is 0 Å². The molecule has 1 fully saturated rings. The van der Waals surface area contributed by atoms with Crippen LogP contribution in [0.5, 0.6) is 0 Å². The van der Waals surface area contributed by atoms with Crippen molar-refractivity contribution in [3.05, 3.63) is 41.1 Å². The molecule has 27 heavy (non-hydrogen) atoms. The summed E-state index contributed by atoms with van der Waals surface area (Å²) < 4.78 is 79.0. The zero-order chi connectivity index (χ0) is 19.8. The maximum absolute atomic E-state index is 13.2. The van der Waals surface area contributed by atoms with E-state index >= 15 is 0 Å². The molecule has 148 valence electrons. The minimum Gasteiger partial charge on any atom is -0.374 e. The molecular formula is C17H17F6N3O. The van der Waals surface area contributed by atoms with Crippen LogP contribution in [0.4, 0.5) is 26.3 Å². The number of alkyl halides is 6. The summed E-state index contributed by atoms with van der Waals surface area (Å²) in [4.78, 5) is 3.19. The molecule has 2 aromatic rings. The first-order valence-electron chi connectivity index (χ1n) is 8.30. The van der Waals surface area contributed by atoms with Gasteiger partial charge in [-0.1, -0.05) is 12.1 Å². The first kappa shape index (κ1) is 19.8. The first-order valence-corrected chi connectivity index (χ1v) is 8.30. The van der Waals surface area contributed by atoms with Crippen LogP contribution in [-0.4, -0.2) is 29.2 Å². The number of aliphatic hydroxyl groups is 1. The Morgan fingerprint density at radius 2 is 1.78 bits per heavy atom. The van der Waals surface area contributed by atoms with E-state index in [0.29, 0.717) is 24.7 Å². The number of rotatable bonds is 6. The van der Waals surface area contributed by atoms with Gasteiger partial charge in [-0.3, -0.25) is 5.32 Å². The molecule has 0 radical (unpaired) electrons. The molecule has 0 aliphatic heterocycles. The van der Waals surface area contributed by atoms with Crippen LogP contribution in [0.1, 0.15) is 35.9 Å². The Hall–Kier alpha value is -1.91. The largest absolute Gasteiger partial charge is 0.433 e. The fourth-order valence-corrected chi connectivity index (χ4v) is 2.76. The molecule has 1 aromatic heterocycles. The molecule has 1 saturated carbocycles. The second-order valence-electron chi connectivity index (χ2n) is 6.38. The van der Waals surface area contributed by atoms with Crippen LogP contribution in [0.25, 0.3) is 10.9 Å². The number of benzene rings is 1. The summed E-state index contributed by atoms with van der Waals surface area (Å²) in [6.45, 7) is 0.715. The van der Waals surface area contributed by atoms with Crippen LogP contribution >= 0.6 is 0 Å². The number of hydrogen-bond donors (Lipinski definition) is 3. The van der Waals surface area contributed by atoms with Gasteiger partial charge in [0.1, 0.15) is 11.9 Å². The fourth-order valence-electron chi connectivity index (χ4n) is 2.76. The first-order chi connectivity index (χ1) is 12.6. The van der Waals surface area contributed by atoms with Crippen molar-refractivity contribution in [2.45, 2.75) is 37.5 Å². The maximum atomic E-state index is 13.2. The van der Waals surface area contributed by atoms with Crippen molar-refractivity contribution in [1.82, 2.24) is 15.6 Å². The average molecular weight is 393 g/mol. The van der Waals surface area contributed by atoms with Crippen LogP contribution < -0.4 is 10.6 Å². The third-order valence-corrected chi connectivity index (χ3v) is 4.23. The summed E-state index contributed by atoms with van der Waals surface area (Å²) in [7, 11) is 0. The minimum absolute atomic E-state index is 0.187. The molecule has 3 rings (SSSR count). The van der Waals surface area contributed by atoms with E-state index in [1.165, 1.54) is 6.07 Å². The summed E-state index contributed by atoms with van der Waals surface area (Å²) >= 11 is 0.